The van der Waals surface area contributed by atoms with Crippen molar-refractivity contribution in [2.75, 3.05) is 11.1 Å². The topological polar surface area (TPSA) is 76.5 Å². The lowest BCUT2D eigenvalue weighted by atomic mass is 10.1. The molecule has 0 fully saturated rings. The second kappa shape index (κ2) is 5.51. The number of halogens is 1. The van der Waals surface area contributed by atoms with Gasteiger partial charge in [-0.1, -0.05) is 11.6 Å². The van der Waals surface area contributed by atoms with Gasteiger partial charge in [-0.3, -0.25) is 10.4 Å². The first kappa shape index (κ1) is 12.4. The number of aromatic nitrogens is 1. The van der Waals surface area contributed by atoms with Crippen LogP contribution in [-0.2, 0) is 6.54 Å². The first-order chi connectivity index (χ1) is 8.70. The van der Waals surface area contributed by atoms with Crippen LogP contribution < -0.4 is 16.5 Å². The molecule has 0 saturated carbocycles. The van der Waals surface area contributed by atoms with Gasteiger partial charge in [-0.25, -0.2) is 0 Å². The maximum Gasteiger partial charge on any atom is 0.169 e. The summed E-state index contributed by atoms with van der Waals surface area (Å²) in [5.74, 6) is 0. The van der Waals surface area contributed by atoms with E-state index < -0.39 is 0 Å². The average Bonchev–Trinajstić information content (AvgIpc) is 2.40. The van der Waals surface area contributed by atoms with Crippen LogP contribution in [-0.4, -0.2) is 11.2 Å². The Morgan fingerprint density at radius 1 is 1.44 bits per heavy atom. The predicted octanol–water partition coefficient (Wildman–Crippen LogP) is 1.11. The molecule has 2 aromatic rings. The molecule has 0 aliphatic carbocycles. The molecule has 0 atom stereocenters. The van der Waals surface area contributed by atoms with Gasteiger partial charge >= 0.3 is 0 Å². The van der Waals surface area contributed by atoms with Crippen molar-refractivity contribution in [1.29, 1.82) is 0 Å². The summed E-state index contributed by atoms with van der Waals surface area (Å²) in [7, 11) is 0. The standard InChI is InChI=1S/C13H13ClN4/c14-12-4-9(6-15)13(16)5-10(12)7-18-11-2-1-3-17-8-11/h1-6,8,15,18H,7,16H2/p+1. The second-order valence-corrected chi connectivity index (χ2v) is 4.24. The Bertz CT molecular complexity index is 554. The van der Waals surface area contributed by atoms with E-state index in [1.807, 2.05) is 18.2 Å². The molecule has 92 valence electrons. The summed E-state index contributed by atoms with van der Waals surface area (Å²) in [4.78, 5) is 4.02. The van der Waals surface area contributed by atoms with E-state index in [0.29, 0.717) is 17.3 Å². The summed E-state index contributed by atoms with van der Waals surface area (Å²) in [5, 5.41) is 9.31. The van der Waals surface area contributed by atoms with Crippen LogP contribution in [0.5, 0.6) is 0 Å². The van der Waals surface area contributed by atoms with E-state index in [9.17, 15) is 0 Å². The average molecular weight is 262 g/mol. The lowest BCUT2D eigenvalue weighted by Gasteiger charge is -2.09. The molecule has 0 bridgehead atoms. The van der Waals surface area contributed by atoms with Crippen LogP contribution in [0.15, 0.2) is 36.7 Å². The predicted molar refractivity (Wildman–Crippen MR) is 74.5 cm³/mol. The molecule has 2 rings (SSSR count). The minimum absolute atomic E-state index is 0.583. The number of pyridine rings is 1. The molecule has 5 N–H and O–H groups in total. The fraction of sp³-hybridized carbons (Fsp3) is 0.0769. The molecular weight excluding hydrogens is 248 g/mol. The van der Waals surface area contributed by atoms with Crippen molar-refractivity contribution in [3.05, 3.63) is 52.8 Å². The molecule has 0 aliphatic heterocycles. The summed E-state index contributed by atoms with van der Waals surface area (Å²) in [6, 6.07) is 7.39. The van der Waals surface area contributed by atoms with Crippen LogP contribution in [0.2, 0.25) is 5.02 Å². The van der Waals surface area contributed by atoms with Crippen molar-refractivity contribution in [1.82, 2.24) is 4.98 Å². The Morgan fingerprint density at radius 3 is 2.94 bits per heavy atom. The van der Waals surface area contributed by atoms with Gasteiger partial charge in [-0.2, -0.15) is 0 Å². The highest BCUT2D eigenvalue weighted by molar-refractivity contribution is 6.31. The Labute approximate surface area is 110 Å². The van der Waals surface area contributed by atoms with Gasteiger partial charge in [0.25, 0.3) is 0 Å². The molecule has 0 radical (unpaired) electrons. The zero-order valence-electron chi connectivity index (χ0n) is 9.73. The van der Waals surface area contributed by atoms with Gasteiger partial charge in [-0.05, 0) is 29.8 Å². The molecule has 0 aliphatic rings. The molecule has 5 heteroatoms. The van der Waals surface area contributed by atoms with Crippen LogP contribution in [0.1, 0.15) is 11.1 Å². The third kappa shape index (κ3) is 2.78. The van der Waals surface area contributed by atoms with Gasteiger partial charge in [0.1, 0.15) is 0 Å². The van der Waals surface area contributed by atoms with Gasteiger partial charge in [0.05, 0.1) is 11.3 Å². The number of rotatable bonds is 4. The van der Waals surface area contributed by atoms with Crippen molar-refractivity contribution in [3.8, 4) is 0 Å². The molecule has 18 heavy (non-hydrogen) atoms. The van der Waals surface area contributed by atoms with Crippen LogP contribution in [0, 0.1) is 0 Å². The van der Waals surface area contributed by atoms with Gasteiger partial charge in [0, 0.05) is 29.6 Å². The van der Waals surface area contributed by atoms with Gasteiger partial charge in [0.15, 0.2) is 6.21 Å². The van der Waals surface area contributed by atoms with Gasteiger partial charge in [-0.15, -0.1) is 0 Å². The van der Waals surface area contributed by atoms with Gasteiger partial charge in [0.2, 0.25) is 0 Å². The zero-order chi connectivity index (χ0) is 13.0. The van der Waals surface area contributed by atoms with Crippen molar-refractivity contribution in [3.63, 3.8) is 0 Å². The van der Waals surface area contributed by atoms with E-state index in [0.717, 1.165) is 16.8 Å². The maximum absolute atomic E-state index is 6.16. The quantitative estimate of drug-likeness (QED) is 0.570. The second-order valence-electron chi connectivity index (χ2n) is 3.83. The molecule has 0 unspecified atom stereocenters. The van der Waals surface area contributed by atoms with E-state index in [1.165, 1.54) is 6.21 Å². The smallest absolute Gasteiger partial charge is 0.169 e. The number of anilines is 2. The fourth-order valence-electron chi connectivity index (χ4n) is 1.60. The molecule has 1 heterocycles. The fourth-order valence-corrected chi connectivity index (χ4v) is 1.84. The lowest BCUT2D eigenvalue weighted by molar-refractivity contribution is -0.104. The number of hydrogen-bond donors (Lipinski definition) is 3. The van der Waals surface area contributed by atoms with Crippen molar-refractivity contribution in [2.24, 2.45) is 0 Å². The minimum atomic E-state index is 0.583. The number of nitrogens with two attached hydrogens (primary N) is 2. The third-order valence-electron chi connectivity index (χ3n) is 2.58. The number of nitrogen functional groups attached to an aromatic ring is 1. The first-order valence-electron chi connectivity index (χ1n) is 5.47. The van der Waals surface area contributed by atoms with E-state index in [2.05, 4.69) is 10.3 Å². The number of nitrogens with one attached hydrogen (secondary N) is 1. The third-order valence-corrected chi connectivity index (χ3v) is 2.93. The largest absolute Gasteiger partial charge is 0.398 e. The highest BCUT2D eigenvalue weighted by atomic mass is 35.5. The highest BCUT2D eigenvalue weighted by Gasteiger charge is 2.06. The van der Waals surface area contributed by atoms with Crippen LogP contribution in [0.4, 0.5) is 11.4 Å². The Morgan fingerprint density at radius 2 is 2.28 bits per heavy atom. The Balaban J connectivity index is 2.15. The van der Waals surface area contributed by atoms with Crippen molar-refractivity contribution < 1.29 is 5.41 Å². The van der Waals surface area contributed by atoms with E-state index in [1.54, 1.807) is 18.5 Å². The summed E-state index contributed by atoms with van der Waals surface area (Å²) in [5.41, 5.74) is 9.07. The zero-order valence-corrected chi connectivity index (χ0v) is 10.5. The molecule has 1 aromatic heterocycles. The van der Waals surface area contributed by atoms with Gasteiger partial charge < -0.3 is 11.1 Å². The lowest BCUT2D eigenvalue weighted by Crippen LogP contribution is -2.30. The Kier molecular flexibility index (Phi) is 3.79. The van der Waals surface area contributed by atoms with Crippen molar-refractivity contribution in [2.45, 2.75) is 6.54 Å². The normalized spacial score (nSPS) is 10.1. The molecule has 1 aromatic carbocycles. The summed E-state index contributed by atoms with van der Waals surface area (Å²) < 4.78 is 0. The molecule has 0 spiro atoms. The SMILES string of the molecule is Nc1cc(CNc2cccnc2)c(Cl)cc1C=[NH2+]. The molecule has 0 saturated heterocycles. The highest BCUT2D eigenvalue weighted by Crippen LogP contribution is 2.23. The molecule has 4 nitrogen and oxygen atoms in total. The maximum atomic E-state index is 6.16. The Hall–Kier alpha value is -2.07. The van der Waals surface area contributed by atoms with E-state index >= 15 is 0 Å². The van der Waals surface area contributed by atoms with Crippen LogP contribution >= 0.6 is 11.6 Å². The van der Waals surface area contributed by atoms with E-state index in [-0.39, 0.29) is 0 Å². The first-order valence-corrected chi connectivity index (χ1v) is 5.85. The monoisotopic (exact) mass is 261 g/mol. The number of benzene rings is 1. The minimum Gasteiger partial charge on any atom is -0.398 e. The number of hydrogen-bond acceptors (Lipinski definition) is 3. The molecule has 0 amide bonds. The number of nitrogens with zero attached hydrogens (tertiary/aromatic N) is 1. The van der Waals surface area contributed by atoms with Crippen molar-refractivity contribution >= 4 is 29.2 Å². The van der Waals surface area contributed by atoms with Crippen LogP contribution in [0.3, 0.4) is 0 Å². The van der Waals surface area contributed by atoms with Crippen LogP contribution in [0.25, 0.3) is 0 Å². The van der Waals surface area contributed by atoms with E-state index in [4.69, 9.17) is 22.7 Å². The molecular formula is C13H14ClN4+. The summed E-state index contributed by atoms with van der Waals surface area (Å²) in [6.07, 6.45) is 4.92. The summed E-state index contributed by atoms with van der Waals surface area (Å²) >= 11 is 6.16. The summed E-state index contributed by atoms with van der Waals surface area (Å²) in [6.45, 7) is 0.583.